The minimum Gasteiger partial charge on any atom is -0.359 e. The van der Waals surface area contributed by atoms with Gasteiger partial charge in [0.25, 0.3) is 0 Å². The molecule has 0 saturated carbocycles. The van der Waals surface area contributed by atoms with Crippen LogP contribution in [0.4, 0.5) is 10.2 Å². The topological polar surface area (TPSA) is 28.2 Å². The molecule has 1 rings (SSSR count). The number of halogens is 1. The highest BCUT2D eigenvalue weighted by Gasteiger charge is 2.11. The Labute approximate surface area is 116 Å². The summed E-state index contributed by atoms with van der Waals surface area (Å²) in [5, 5.41) is 3.34. The summed E-state index contributed by atoms with van der Waals surface area (Å²) in [6.45, 7) is 11.1. The Bertz CT molecular complexity index is 391. The molecule has 1 aromatic rings. The van der Waals surface area contributed by atoms with Crippen LogP contribution in [0.5, 0.6) is 0 Å². The first-order valence-corrected chi connectivity index (χ1v) is 6.96. The molecule has 0 unspecified atom stereocenters. The van der Waals surface area contributed by atoms with Crippen LogP contribution in [0.3, 0.4) is 0 Å². The number of aromatic nitrogens is 1. The first-order valence-electron chi connectivity index (χ1n) is 6.96. The summed E-state index contributed by atoms with van der Waals surface area (Å²) in [6, 6.07) is 1.58. The predicted molar refractivity (Wildman–Crippen MR) is 78.8 cm³/mol. The van der Waals surface area contributed by atoms with Crippen molar-refractivity contribution < 1.29 is 4.39 Å². The van der Waals surface area contributed by atoms with Crippen molar-refractivity contribution in [3.8, 4) is 0 Å². The summed E-state index contributed by atoms with van der Waals surface area (Å²) in [6.07, 6.45) is 1.29. The number of hydrogen-bond donors (Lipinski definition) is 1. The van der Waals surface area contributed by atoms with Gasteiger partial charge in [-0.15, -0.1) is 0 Å². The zero-order valence-electron chi connectivity index (χ0n) is 12.7. The summed E-state index contributed by atoms with van der Waals surface area (Å²) in [5.41, 5.74) is 0.920. The Morgan fingerprint density at radius 1 is 1.26 bits per heavy atom. The maximum Gasteiger partial charge on any atom is 0.141 e. The smallest absolute Gasteiger partial charge is 0.141 e. The Balaban J connectivity index is 2.79. The molecule has 4 heteroatoms. The summed E-state index contributed by atoms with van der Waals surface area (Å²) >= 11 is 0. The van der Waals surface area contributed by atoms with Gasteiger partial charge in [-0.2, -0.15) is 0 Å². The second kappa shape index (κ2) is 7.43. The van der Waals surface area contributed by atoms with E-state index in [-0.39, 0.29) is 5.82 Å². The molecular weight excluding hydrogens is 241 g/mol. The molecule has 0 radical (unpaired) electrons. The van der Waals surface area contributed by atoms with E-state index in [1.165, 1.54) is 6.20 Å². The number of pyridine rings is 1. The predicted octanol–water partition coefficient (Wildman–Crippen LogP) is 3.06. The largest absolute Gasteiger partial charge is 0.359 e. The van der Waals surface area contributed by atoms with Gasteiger partial charge in [0.05, 0.1) is 6.20 Å². The molecular formula is C15H26FN3. The van der Waals surface area contributed by atoms with Gasteiger partial charge in [0, 0.05) is 25.7 Å². The van der Waals surface area contributed by atoms with Gasteiger partial charge in [-0.05, 0) is 24.4 Å². The van der Waals surface area contributed by atoms with E-state index in [1.54, 1.807) is 6.07 Å². The van der Waals surface area contributed by atoms with Crippen molar-refractivity contribution in [3.05, 3.63) is 23.6 Å². The van der Waals surface area contributed by atoms with Gasteiger partial charge >= 0.3 is 0 Å². The molecule has 0 aliphatic carbocycles. The lowest BCUT2D eigenvalue weighted by Crippen LogP contribution is -2.27. The Kier molecular flexibility index (Phi) is 6.22. The van der Waals surface area contributed by atoms with Crippen molar-refractivity contribution in [1.29, 1.82) is 0 Å². The fourth-order valence-electron chi connectivity index (χ4n) is 2.08. The lowest BCUT2D eigenvalue weighted by molar-refractivity contribution is 0.547. The molecule has 19 heavy (non-hydrogen) atoms. The van der Waals surface area contributed by atoms with E-state index in [1.807, 2.05) is 7.05 Å². The summed E-state index contributed by atoms with van der Waals surface area (Å²) in [7, 11) is 2.01. The standard InChI is InChI=1S/C15H26FN3/c1-11(2)7-17-8-13-6-14(16)9-18-15(13)19(5)10-12(3)4/h6,9,11-12,17H,7-8,10H2,1-5H3. The van der Waals surface area contributed by atoms with Crippen molar-refractivity contribution in [1.82, 2.24) is 10.3 Å². The molecule has 0 aliphatic rings. The first kappa shape index (κ1) is 15.9. The molecule has 0 saturated heterocycles. The molecule has 0 amide bonds. The van der Waals surface area contributed by atoms with Crippen LogP contribution in [0.2, 0.25) is 0 Å². The SMILES string of the molecule is CC(C)CNCc1cc(F)cnc1N(C)CC(C)C. The van der Waals surface area contributed by atoms with Gasteiger partial charge in [0.2, 0.25) is 0 Å². The van der Waals surface area contributed by atoms with Crippen molar-refractivity contribution in [2.24, 2.45) is 11.8 Å². The van der Waals surface area contributed by atoms with Crippen molar-refractivity contribution in [2.45, 2.75) is 34.2 Å². The molecule has 0 atom stereocenters. The minimum absolute atomic E-state index is 0.275. The second-order valence-corrected chi connectivity index (χ2v) is 5.94. The highest BCUT2D eigenvalue weighted by Crippen LogP contribution is 2.18. The van der Waals surface area contributed by atoms with Gasteiger partial charge in [0.15, 0.2) is 0 Å². The van der Waals surface area contributed by atoms with Crippen LogP contribution in [0.1, 0.15) is 33.3 Å². The van der Waals surface area contributed by atoms with E-state index >= 15 is 0 Å². The number of rotatable bonds is 7. The molecule has 0 bridgehead atoms. The third kappa shape index (κ3) is 5.55. The van der Waals surface area contributed by atoms with E-state index in [2.05, 4.69) is 42.9 Å². The molecule has 1 N–H and O–H groups in total. The van der Waals surface area contributed by atoms with Crippen LogP contribution < -0.4 is 10.2 Å². The van der Waals surface area contributed by atoms with Gasteiger partial charge in [-0.25, -0.2) is 9.37 Å². The molecule has 3 nitrogen and oxygen atoms in total. The third-order valence-electron chi connectivity index (χ3n) is 2.78. The average molecular weight is 267 g/mol. The van der Waals surface area contributed by atoms with Crippen LogP contribution >= 0.6 is 0 Å². The molecule has 1 heterocycles. The maximum atomic E-state index is 13.4. The van der Waals surface area contributed by atoms with Crippen molar-refractivity contribution in [2.75, 3.05) is 25.0 Å². The third-order valence-corrected chi connectivity index (χ3v) is 2.78. The highest BCUT2D eigenvalue weighted by atomic mass is 19.1. The van der Waals surface area contributed by atoms with Crippen LogP contribution in [0.15, 0.2) is 12.3 Å². The monoisotopic (exact) mass is 267 g/mol. The van der Waals surface area contributed by atoms with Gasteiger partial charge in [-0.3, -0.25) is 0 Å². The highest BCUT2D eigenvalue weighted by molar-refractivity contribution is 5.46. The zero-order valence-corrected chi connectivity index (χ0v) is 12.7. The number of nitrogens with zero attached hydrogens (tertiary/aromatic N) is 2. The summed E-state index contributed by atoms with van der Waals surface area (Å²) in [5.74, 6) is 1.72. The Morgan fingerprint density at radius 2 is 1.95 bits per heavy atom. The zero-order chi connectivity index (χ0) is 14.4. The van der Waals surface area contributed by atoms with Crippen molar-refractivity contribution >= 4 is 5.82 Å². The van der Waals surface area contributed by atoms with Crippen LogP contribution in [0, 0.1) is 17.7 Å². The Hall–Kier alpha value is -1.16. The van der Waals surface area contributed by atoms with Gasteiger partial charge in [0.1, 0.15) is 11.6 Å². The Morgan fingerprint density at radius 3 is 2.53 bits per heavy atom. The number of hydrogen-bond acceptors (Lipinski definition) is 3. The molecule has 0 spiro atoms. The van der Waals surface area contributed by atoms with E-state index in [0.29, 0.717) is 18.4 Å². The minimum atomic E-state index is -0.275. The maximum absolute atomic E-state index is 13.4. The van der Waals surface area contributed by atoms with Gasteiger partial charge < -0.3 is 10.2 Å². The van der Waals surface area contributed by atoms with E-state index in [4.69, 9.17) is 0 Å². The summed E-state index contributed by atoms with van der Waals surface area (Å²) < 4.78 is 13.4. The van der Waals surface area contributed by atoms with E-state index in [0.717, 1.165) is 24.5 Å². The van der Waals surface area contributed by atoms with Crippen LogP contribution in [0.25, 0.3) is 0 Å². The van der Waals surface area contributed by atoms with E-state index < -0.39 is 0 Å². The molecule has 1 aromatic heterocycles. The normalized spacial score (nSPS) is 11.4. The molecule has 0 fully saturated rings. The van der Waals surface area contributed by atoms with Crippen LogP contribution in [-0.4, -0.2) is 25.1 Å². The second-order valence-electron chi connectivity index (χ2n) is 5.94. The average Bonchev–Trinajstić information content (AvgIpc) is 2.27. The first-order chi connectivity index (χ1) is 8.90. The number of nitrogens with one attached hydrogen (secondary N) is 1. The fourth-order valence-corrected chi connectivity index (χ4v) is 2.08. The van der Waals surface area contributed by atoms with E-state index in [9.17, 15) is 4.39 Å². The molecule has 0 aromatic carbocycles. The molecule has 108 valence electrons. The lowest BCUT2D eigenvalue weighted by atomic mass is 10.1. The lowest BCUT2D eigenvalue weighted by Gasteiger charge is -2.23. The summed E-state index contributed by atoms with van der Waals surface area (Å²) in [4.78, 5) is 6.33. The number of anilines is 1. The quantitative estimate of drug-likeness (QED) is 0.823. The molecule has 0 aliphatic heterocycles. The van der Waals surface area contributed by atoms with Gasteiger partial charge in [-0.1, -0.05) is 27.7 Å². The van der Waals surface area contributed by atoms with Crippen molar-refractivity contribution in [3.63, 3.8) is 0 Å². The fraction of sp³-hybridized carbons (Fsp3) is 0.667. The van der Waals surface area contributed by atoms with Crippen LogP contribution in [-0.2, 0) is 6.54 Å².